The van der Waals surface area contributed by atoms with Crippen molar-refractivity contribution < 1.29 is 33.3 Å². The summed E-state index contributed by atoms with van der Waals surface area (Å²) in [6.07, 6.45) is 1.32. The van der Waals surface area contributed by atoms with Crippen molar-refractivity contribution in [1.29, 1.82) is 0 Å². The van der Waals surface area contributed by atoms with Gasteiger partial charge in [0.05, 0.1) is 19.3 Å². The van der Waals surface area contributed by atoms with Crippen LogP contribution in [0.25, 0.3) is 0 Å². The van der Waals surface area contributed by atoms with Crippen LogP contribution < -0.4 is 9.47 Å². The smallest absolute Gasteiger partial charge is 0.317 e. The maximum atomic E-state index is 15.3. The van der Waals surface area contributed by atoms with Crippen molar-refractivity contribution in [3.05, 3.63) is 18.0 Å². The summed E-state index contributed by atoms with van der Waals surface area (Å²) < 4.78 is 31.3. The number of carbonyl (C=O) groups is 2. The molecule has 2 atom stereocenters. The van der Waals surface area contributed by atoms with Crippen LogP contribution in [0.4, 0.5) is 4.39 Å². The maximum absolute atomic E-state index is 15.3. The van der Waals surface area contributed by atoms with Crippen LogP contribution in [-0.2, 0) is 9.53 Å². The lowest BCUT2D eigenvalue weighted by Gasteiger charge is -2.38. The fraction of sp³-hybridized carbons (Fsp3) is 0.562. The SMILES string of the molecule is O=C(c1cc2c(cn1)OCCO2)N1C[C@@]2(F)CCOC[C@@]2(C(=O)O)C1. The van der Waals surface area contributed by atoms with Crippen LogP contribution in [-0.4, -0.2) is 72.1 Å². The minimum absolute atomic E-state index is 0.0579. The van der Waals surface area contributed by atoms with Crippen LogP contribution >= 0.6 is 0 Å². The molecule has 1 aromatic rings. The lowest BCUT2D eigenvalue weighted by molar-refractivity contribution is -0.171. The molecular weight excluding hydrogens is 335 g/mol. The largest absolute Gasteiger partial charge is 0.486 e. The van der Waals surface area contributed by atoms with Gasteiger partial charge in [0.1, 0.15) is 24.3 Å². The molecule has 0 radical (unpaired) electrons. The van der Waals surface area contributed by atoms with Gasteiger partial charge in [-0.2, -0.15) is 0 Å². The molecule has 0 bridgehead atoms. The van der Waals surface area contributed by atoms with E-state index in [0.717, 1.165) is 0 Å². The second kappa shape index (κ2) is 5.55. The van der Waals surface area contributed by atoms with Gasteiger partial charge in [-0.15, -0.1) is 0 Å². The third-order valence-corrected chi connectivity index (χ3v) is 5.10. The van der Waals surface area contributed by atoms with Crippen molar-refractivity contribution in [2.24, 2.45) is 5.41 Å². The van der Waals surface area contributed by atoms with E-state index in [1.54, 1.807) is 0 Å². The van der Waals surface area contributed by atoms with Gasteiger partial charge in [0.25, 0.3) is 5.91 Å². The van der Waals surface area contributed by atoms with Crippen molar-refractivity contribution in [3.63, 3.8) is 0 Å². The van der Waals surface area contributed by atoms with E-state index in [2.05, 4.69) is 4.98 Å². The minimum atomic E-state index is -2.01. The van der Waals surface area contributed by atoms with Crippen LogP contribution in [0.15, 0.2) is 12.3 Å². The molecule has 0 aliphatic carbocycles. The maximum Gasteiger partial charge on any atom is 0.317 e. The number of halogens is 1. The van der Waals surface area contributed by atoms with E-state index < -0.39 is 23.0 Å². The first-order chi connectivity index (χ1) is 12.0. The molecule has 0 aromatic carbocycles. The number of pyridine rings is 1. The lowest BCUT2D eigenvalue weighted by atomic mass is 9.73. The molecule has 2 fully saturated rings. The number of ether oxygens (including phenoxy) is 3. The number of amides is 1. The summed E-state index contributed by atoms with van der Waals surface area (Å²) in [5, 5.41) is 9.58. The molecule has 1 aromatic heterocycles. The van der Waals surface area contributed by atoms with Gasteiger partial charge in [-0.3, -0.25) is 9.59 Å². The predicted octanol–water partition coefficient (Wildman–Crippen LogP) is 0.508. The van der Waals surface area contributed by atoms with E-state index >= 15 is 4.39 Å². The average molecular weight is 352 g/mol. The van der Waals surface area contributed by atoms with E-state index in [1.165, 1.54) is 17.2 Å². The Labute approximate surface area is 142 Å². The first-order valence-corrected chi connectivity index (χ1v) is 8.00. The number of rotatable bonds is 2. The van der Waals surface area contributed by atoms with Gasteiger partial charge in [0.2, 0.25) is 0 Å². The van der Waals surface area contributed by atoms with E-state index in [1.807, 2.05) is 0 Å². The summed E-state index contributed by atoms with van der Waals surface area (Å²) in [5.41, 5.74) is -3.69. The number of hydrogen-bond acceptors (Lipinski definition) is 6. The standard InChI is InChI=1S/C16H17FN2O6/c17-16-1-2-23-9-15(16,14(21)22)7-19(8-16)13(20)10-5-11-12(6-18-10)25-4-3-24-11/h5-6H,1-4,7-9H2,(H,21,22)/t15-,16+/m1/s1. The first kappa shape index (κ1) is 16.1. The molecule has 3 aliphatic heterocycles. The highest BCUT2D eigenvalue weighted by Crippen LogP contribution is 2.48. The highest BCUT2D eigenvalue weighted by atomic mass is 19.1. The summed E-state index contributed by atoms with van der Waals surface area (Å²) in [4.78, 5) is 29.7. The number of carboxylic acid groups (broad SMARTS) is 1. The molecule has 8 nitrogen and oxygen atoms in total. The second-order valence-electron chi connectivity index (χ2n) is 6.53. The van der Waals surface area contributed by atoms with Crippen molar-refractivity contribution in [3.8, 4) is 11.5 Å². The Kier molecular flexibility index (Phi) is 3.57. The van der Waals surface area contributed by atoms with E-state index in [4.69, 9.17) is 14.2 Å². The Morgan fingerprint density at radius 3 is 2.68 bits per heavy atom. The van der Waals surface area contributed by atoms with Crippen molar-refractivity contribution >= 4 is 11.9 Å². The summed E-state index contributed by atoms with van der Waals surface area (Å²) in [5.74, 6) is -0.994. The van der Waals surface area contributed by atoms with Gasteiger partial charge in [0, 0.05) is 25.6 Å². The number of aliphatic carboxylic acids is 1. The Morgan fingerprint density at radius 2 is 1.96 bits per heavy atom. The third kappa shape index (κ3) is 2.33. The number of alkyl halides is 1. The molecule has 134 valence electrons. The number of nitrogens with zero attached hydrogens (tertiary/aromatic N) is 2. The molecule has 3 aliphatic rings. The molecule has 0 unspecified atom stereocenters. The Hall–Kier alpha value is -2.42. The first-order valence-electron chi connectivity index (χ1n) is 8.00. The summed E-state index contributed by atoms with van der Waals surface area (Å²) >= 11 is 0. The molecule has 9 heteroatoms. The zero-order chi connectivity index (χ0) is 17.7. The Bertz CT molecular complexity index is 743. The van der Waals surface area contributed by atoms with Crippen LogP contribution in [0.1, 0.15) is 16.9 Å². The van der Waals surface area contributed by atoms with E-state index in [-0.39, 0.29) is 38.4 Å². The summed E-state index contributed by atoms with van der Waals surface area (Å²) in [7, 11) is 0. The monoisotopic (exact) mass is 352 g/mol. The van der Waals surface area contributed by atoms with Gasteiger partial charge < -0.3 is 24.2 Å². The van der Waals surface area contributed by atoms with Crippen LogP contribution in [0.3, 0.4) is 0 Å². The lowest BCUT2D eigenvalue weighted by Crippen LogP contribution is -2.56. The van der Waals surface area contributed by atoms with Crippen molar-refractivity contribution in [1.82, 2.24) is 9.88 Å². The Morgan fingerprint density at radius 1 is 1.20 bits per heavy atom. The van der Waals surface area contributed by atoms with Crippen LogP contribution in [0.5, 0.6) is 11.5 Å². The topological polar surface area (TPSA) is 98.2 Å². The number of carboxylic acids is 1. The number of likely N-dealkylation sites (tertiary alicyclic amines) is 1. The molecule has 1 N–H and O–H groups in total. The van der Waals surface area contributed by atoms with Gasteiger partial charge >= 0.3 is 5.97 Å². The molecule has 4 heterocycles. The number of fused-ring (bicyclic) bond motifs is 2. The Balaban J connectivity index is 1.62. The highest BCUT2D eigenvalue weighted by molar-refractivity contribution is 5.94. The fourth-order valence-corrected chi connectivity index (χ4v) is 3.64. The predicted molar refractivity (Wildman–Crippen MR) is 80.5 cm³/mol. The average Bonchev–Trinajstić information content (AvgIpc) is 2.95. The highest BCUT2D eigenvalue weighted by Gasteiger charge is 2.66. The van der Waals surface area contributed by atoms with Gasteiger partial charge in [-0.25, -0.2) is 9.37 Å². The van der Waals surface area contributed by atoms with E-state index in [9.17, 15) is 14.7 Å². The van der Waals surface area contributed by atoms with Crippen molar-refractivity contribution in [2.45, 2.75) is 12.1 Å². The van der Waals surface area contributed by atoms with Crippen LogP contribution in [0, 0.1) is 5.41 Å². The molecule has 0 saturated carbocycles. The third-order valence-electron chi connectivity index (χ3n) is 5.10. The molecule has 0 spiro atoms. The summed E-state index contributed by atoms with van der Waals surface area (Å²) in [6, 6.07) is 1.44. The zero-order valence-corrected chi connectivity index (χ0v) is 13.4. The van der Waals surface area contributed by atoms with E-state index in [0.29, 0.717) is 24.7 Å². The normalized spacial score (nSPS) is 30.7. The van der Waals surface area contributed by atoms with Gasteiger partial charge in [-0.1, -0.05) is 0 Å². The van der Waals surface area contributed by atoms with Gasteiger partial charge in [0.15, 0.2) is 17.2 Å². The molecule has 4 rings (SSSR count). The number of hydrogen-bond donors (Lipinski definition) is 1. The quantitative estimate of drug-likeness (QED) is 0.828. The molecule has 2 saturated heterocycles. The van der Waals surface area contributed by atoms with Crippen molar-refractivity contribution in [2.75, 3.05) is 39.5 Å². The minimum Gasteiger partial charge on any atom is -0.486 e. The van der Waals surface area contributed by atoms with Gasteiger partial charge in [-0.05, 0) is 0 Å². The molecule has 25 heavy (non-hydrogen) atoms. The molecule has 1 amide bonds. The summed E-state index contributed by atoms with van der Waals surface area (Å²) in [6.45, 7) is 0.0967. The fourth-order valence-electron chi connectivity index (χ4n) is 3.64. The number of aromatic nitrogens is 1. The zero-order valence-electron chi connectivity index (χ0n) is 13.4. The number of carbonyl (C=O) groups excluding carboxylic acids is 1. The van der Waals surface area contributed by atoms with Crippen LogP contribution in [0.2, 0.25) is 0 Å². The second-order valence-corrected chi connectivity index (χ2v) is 6.53. The molecular formula is C16H17FN2O6.